The van der Waals surface area contributed by atoms with Crippen molar-refractivity contribution in [2.45, 2.75) is 51.2 Å². The summed E-state index contributed by atoms with van der Waals surface area (Å²) in [5, 5.41) is 2.74. The van der Waals surface area contributed by atoms with Gasteiger partial charge >= 0.3 is 0 Å². The Bertz CT molecular complexity index is 206. The van der Waals surface area contributed by atoms with Crippen molar-refractivity contribution in [2.75, 3.05) is 6.54 Å². The molecule has 1 N–H and O–H groups in total. The summed E-state index contributed by atoms with van der Waals surface area (Å²) in [6.45, 7) is 4.96. The highest BCUT2D eigenvalue weighted by Crippen LogP contribution is 2.30. The molecular weight excluding hydrogens is 206 g/mol. The molecule has 0 radical (unpaired) electrons. The van der Waals surface area contributed by atoms with E-state index in [1.807, 2.05) is 0 Å². The van der Waals surface area contributed by atoms with Gasteiger partial charge in [-0.3, -0.25) is 4.79 Å². The summed E-state index contributed by atoms with van der Waals surface area (Å²) in [5.41, 5.74) is 0. The molecule has 3 unspecified atom stereocenters. The minimum Gasteiger partial charge on any atom is -0.355 e. The quantitative estimate of drug-likeness (QED) is 0.713. The molecule has 1 saturated carbocycles. The molecule has 1 amide bonds. The van der Waals surface area contributed by atoms with E-state index in [4.69, 9.17) is 0 Å². The van der Waals surface area contributed by atoms with E-state index in [2.05, 4.69) is 24.9 Å². The van der Waals surface area contributed by atoms with E-state index in [1.165, 1.54) is 25.7 Å². The maximum Gasteiger partial charge on any atom is 0.232 e. The number of hydrogen-bond donors (Lipinski definition) is 2. The zero-order valence-corrected chi connectivity index (χ0v) is 10.7. The molecular formula is C12H23NOS. The maximum absolute atomic E-state index is 11.3. The smallest absolute Gasteiger partial charge is 0.232 e. The fourth-order valence-corrected chi connectivity index (χ4v) is 2.46. The van der Waals surface area contributed by atoms with E-state index in [0.717, 1.165) is 24.8 Å². The van der Waals surface area contributed by atoms with Gasteiger partial charge in [-0.05, 0) is 31.6 Å². The Kier molecular flexibility index (Phi) is 5.51. The number of hydrogen-bond acceptors (Lipinski definition) is 2. The molecule has 1 rings (SSSR count). The van der Waals surface area contributed by atoms with Gasteiger partial charge in [-0.15, -0.1) is 0 Å². The average Bonchev–Trinajstić information content (AvgIpc) is 2.17. The highest BCUT2D eigenvalue weighted by molar-refractivity contribution is 7.81. The highest BCUT2D eigenvalue weighted by atomic mass is 32.1. The number of carbonyl (C=O) groups is 1. The van der Waals surface area contributed by atoms with Crippen molar-refractivity contribution in [2.24, 2.45) is 11.8 Å². The predicted octanol–water partition coefficient (Wildman–Crippen LogP) is 2.64. The van der Waals surface area contributed by atoms with Crippen LogP contribution in [0.2, 0.25) is 0 Å². The SMILES string of the molecule is CC1CCCC(CCNC(=O)C(C)S)C1. The van der Waals surface area contributed by atoms with E-state index in [9.17, 15) is 4.79 Å². The van der Waals surface area contributed by atoms with Crippen LogP contribution in [0.5, 0.6) is 0 Å². The first-order chi connectivity index (χ1) is 7.09. The van der Waals surface area contributed by atoms with E-state index < -0.39 is 0 Å². The molecule has 1 fully saturated rings. The van der Waals surface area contributed by atoms with Crippen LogP contribution in [0.3, 0.4) is 0 Å². The normalized spacial score (nSPS) is 28.5. The van der Waals surface area contributed by atoms with Gasteiger partial charge in [0.2, 0.25) is 5.91 Å². The fourth-order valence-electron chi connectivity index (χ4n) is 2.37. The first-order valence-electron chi connectivity index (χ1n) is 6.05. The third-order valence-electron chi connectivity index (χ3n) is 3.28. The van der Waals surface area contributed by atoms with E-state index in [-0.39, 0.29) is 11.2 Å². The standard InChI is InChI=1S/C12H23NOS/c1-9-4-3-5-11(8-9)6-7-13-12(14)10(2)15/h9-11,15H,3-8H2,1-2H3,(H,13,14). The summed E-state index contributed by atoms with van der Waals surface area (Å²) < 4.78 is 0. The molecule has 0 heterocycles. The van der Waals surface area contributed by atoms with Gasteiger partial charge < -0.3 is 5.32 Å². The predicted molar refractivity (Wildman–Crippen MR) is 67.2 cm³/mol. The molecule has 0 bridgehead atoms. The Hall–Kier alpha value is -0.180. The molecule has 3 atom stereocenters. The van der Waals surface area contributed by atoms with Crippen molar-refractivity contribution in [3.63, 3.8) is 0 Å². The second-order valence-corrected chi connectivity index (χ2v) is 5.67. The Morgan fingerprint density at radius 1 is 1.53 bits per heavy atom. The van der Waals surface area contributed by atoms with Crippen molar-refractivity contribution in [3.05, 3.63) is 0 Å². The molecule has 2 nitrogen and oxygen atoms in total. The Morgan fingerprint density at radius 3 is 2.87 bits per heavy atom. The van der Waals surface area contributed by atoms with Gasteiger partial charge in [0.05, 0.1) is 5.25 Å². The summed E-state index contributed by atoms with van der Waals surface area (Å²) in [6, 6.07) is 0. The molecule has 1 aliphatic carbocycles. The van der Waals surface area contributed by atoms with Crippen LogP contribution in [0.4, 0.5) is 0 Å². The Labute approximate surface area is 98.6 Å². The highest BCUT2D eigenvalue weighted by Gasteiger charge is 2.18. The lowest BCUT2D eigenvalue weighted by molar-refractivity contribution is -0.120. The number of carbonyl (C=O) groups excluding carboxylic acids is 1. The van der Waals surface area contributed by atoms with Crippen LogP contribution in [-0.2, 0) is 4.79 Å². The van der Waals surface area contributed by atoms with Gasteiger partial charge in [-0.1, -0.05) is 26.2 Å². The van der Waals surface area contributed by atoms with Crippen LogP contribution in [0.15, 0.2) is 0 Å². The lowest BCUT2D eigenvalue weighted by atomic mass is 9.81. The zero-order valence-electron chi connectivity index (χ0n) is 9.83. The van der Waals surface area contributed by atoms with Crippen LogP contribution in [0.1, 0.15) is 46.0 Å². The minimum absolute atomic E-state index is 0.0576. The van der Waals surface area contributed by atoms with Crippen LogP contribution in [-0.4, -0.2) is 17.7 Å². The third kappa shape index (κ3) is 4.92. The first kappa shape index (κ1) is 12.9. The monoisotopic (exact) mass is 229 g/mol. The number of amides is 1. The largest absolute Gasteiger partial charge is 0.355 e. The molecule has 0 aromatic carbocycles. The first-order valence-corrected chi connectivity index (χ1v) is 6.57. The molecule has 88 valence electrons. The van der Waals surface area contributed by atoms with Gasteiger partial charge in [0.1, 0.15) is 0 Å². The van der Waals surface area contributed by atoms with Crippen LogP contribution >= 0.6 is 12.6 Å². The molecule has 3 heteroatoms. The summed E-state index contributed by atoms with van der Waals surface area (Å²) in [4.78, 5) is 11.3. The third-order valence-corrected chi connectivity index (χ3v) is 3.51. The molecule has 0 spiro atoms. The summed E-state index contributed by atoms with van der Waals surface area (Å²) in [5.74, 6) is 1.76. The molecule has 0 saturated heterocycles. The summed E-state index contributed by atoms with van der Waals surface area (Å²) in [7, 11) is 0. The molecule has 1 aliphatic rings. The van der Waals surface area contributed by atoms with Gasteiger partial charge in [0, 0.05) is 6.54 Å². The van der Waals surface area contributed by atoms with Crippen molar-refractivity contribution in [1.29, 1.82) is 0 Å². The average molecular weight is 229 g/mol. The molecule has 0 aromatic heterocycles. The van der Waals surface area contributed by atoms with Crippen molar-refractivity contribution in [1.82, 2.24) is 5.32 Å². The Morgan fingerprint density at radius 2 is 2.27 bits per heavy atom. The van der Waals surface area contributed by atoms with Crippen molar-refractivity contribution >= 4 is 18.5 Å². The fraction of sp³-hybridized carbons (Fsp3) is 0.917. The van der Waals surface area contributed by atoms with Gasteiger partial charge in [0.25, 0.3) is 0 Å². The molecule has 0 aromatic rings. The van der Waals surface area contributed by atoms with Gasteiger partial charge in [-0.25, -0.2) is 0 Å². The molecule has 15 heavy (non-hydrogen) atoms. The Balaban J connectivity index is 2.11. The minimum atomic E-state index is -0.185. The van der Waals surface area contributed by atoms with Gasteiger partial charge in [-0.2, -0.15) is 12.6 Å². The van der Waals surface area contributed by atoms with E-state index >= 15 is 0 Å². The second-order valence-electron chi connectivity index (χ2n) is 4.89. The van der Waals surface area contributed by atoms with E-state index in [0.29, 0.717) is 0 Å². The topological polar surface area (TPSA) is 29.1 Å². The van der Waals surface area contributed by atoms with E-state index in [1.54, 1.807) is 6.92 Å². The number of nitrogens with one attached hydrogen (secondary N) is 1. The summed E-state index contributed by atoms with van der Waals surface area (Å²) in [6.07, 6.45) is 6.57. The second kappa shape index (κ2) is 6.41. The van der Waals surface area contributed by atoms with Crippen LogP contribution < -0.4 is 5.32 Å². The zero-order chi connectivity index (χ0) is 11.3. The number of rotatable bonds is 4. The van der Waals surface area contributed by atoms with Crippen molar-refractivity contribution in [3.8, 4) is 0 Å². The van der Waals surface area contributed by atoms with Crippen LogP contribution in [0, 0.1) is 11.8 Å². The number of thiol groups is 1. The summed E-state index contributed by atoms with van der Waals surface area (Å²) >= 11 is 4.10. The van der Waals surface area contributed by atoms with Crippen molar-refractivity contribution < 1.29 is 4.79 Å². The lowest BCUT2D eigenvalue weighted by Crippen LogP contribution is -2.31. The maximum atomic E-state index is 11.3. The lowest BCUT2D eigenvalue weighted by Gasteiger charge is -2.26. The van der Waals surface area contributed by atoms with Crippen LogP contribution in [0.25, 0.3) is 0 Å². The van der Waals surface area contributed by atoms with Gasteiger partial charge in [0.15, 0.2) is 0 Å². The molecule has 0 aliphatic heterocycles.